The molecule has 288 valence electrons. The van der Waals surface area contributed by atoms with Crippen molar-refractivity contribution in [1.29, 1.82) is 5.41 Å². The maximum absolute atomic E-state index is 16.4. The highest BCUT2D eigenvalue weighted by Crippen LogP contribution is 2.37. The number of alkyl carbamates (subject to hydrolysis) is 1. The summed E-state index contributed by atoms with van der Waals surface area (Å²) < 4.78 is 45.2. The lowest BCUT2D eigenvalue weighted by molar-refractivity contribution is -0.156. The van der Waals surface area contributed by atoms with Crippen molar-refractivity contribution in [2.45, 2.75) is 65.2 Å². The number of esters is 1. The van der Waals surface area contributed by atoms with Gasteiger partial charge in [0.05, 0.1) is 32.2 Å². The number of carbonyl (C=O) groups is 2. The van der Waals surface area contributed by atoms with Crippen molar-refractivity contribution in [3.8, 4) is 23.5 Å². The number of aliphatic hydroxyl groups excluding tert-OH is 1. The number of aromatic nitrogens is 5. The first-order chi connectivity index (χ1) is 26.0. The number of aliphatic hydroxyl groups is 1. The van der Waals surface area contributed by atoms with Crippen molar-refractivity contribution in [1.82, 2.24) is 30.0 Å². The summed E-state index contributed by atoms with van der Waals surface area (Å²) in [6.07, 6.45) is 6.96. The number of hydrogen-bond donors (Lipinski definition) is 3. The summed E-state index contributed by atoms with van der Waals surface area (Å²) in [6.45, 7) is 5.02. The molecule has 1 aliphatic rings. The third-order valence-electron chi connectivity index (χ3n) is 8.52. The van der Waals surface area contributed by atoms with Gasteiger partial charge in [-0.1, -0.05) is 64.3 Å². The number of halogens is 1. The van der Waals surface area contributed by atoms with Gasteiger partial charge in [-0.2, -0.15) is 4.98 Å². The molecule has 1 saturated carbocycles. The molecule has 0 unspecified atom stereocenters. The van der Waals surface area contributed by atoms with Gasteiger partial charge < -0.3 is 28.8 Å². The molecule has 0 radical (unpaired) electrons. The van der Waals surface area contributed by atoms with Gasteiger partial charge in [-0.05, 0) is 42.4 Å². The predicted molar refractivity (Wildman–Crippen MR) is 193 cm³/mol. The quantitative estimate of drug-likeness (QED) is 0.0599. The van der Waals surface area contributed by atoms with Crippen molar-refractivity contribution in [2.75, 3.05) is 33.7 Å². The minimum atomic E-state index is -0.899. The van der Waals surface area contributed by atoms with E-state index in [1.54, 1.807) is 30.3 Å². The molecule has 2 aromatic heterocycles. The Labute approximate surface area is 312 Å². The molecule has 54 heavy (non-hydrogen) atoms. The van der Waals surface area contributed by atoms with E-state index in [1.807, 2.05) is 20.8 Å². The average molecular weight is 748 g/mol. The summed E-state index contributed by atoms with van der Waals surface area (Å²) in [5, 5.41) is 24.9. The first-order valence-corrected chi connectivity index (χ1v) is 17.7. The van der Waals surface area contributed by atoms with Crippen LogP contribution in [0.4, 0.5) is 9.18 Å². The Morgan fingerprint density at radius 2 is 1.78 bits per heavy atom. The molecule has 3 N–H and O–H groups in total. The number of benzene rings is 2. The zero-order chi connectivity index (χ0) is 38.7. The normalized spacial score (nSPS) is 13.8. The first kappa shape index (κ1) is 39.6. The van der Waals surface area contributed by atoms with Gasteiger partial charge in [0.2, 0.25) is 6.79 Å². The van der Waals surface area contributed by atoms with Crippen LogP contribution in [0, 0.1) is 22.6 Å². The standard InChI is InChI=1S/C38H46FN7O8/c1-38(2,3)22-52-37(49)43-32(40)25-13-11-24(12-14-25)19-29(28-20-27(50-4)21-30(31(28)39)51-18-17-47)33-44-36(46(45-33)35-41-15-8-16-42-35)54-23-53-34(48)26-9-6-5-7-10-26/h8,11-16,20-21,26,29,47H,5-7,9-10,17-19,22-23H2,1-4H3,(H2,40,43,49)/t29-/m1/s1. The molecule has 2 heterocycles. The molecule has 4 aromatic rings. The van der Waals surface area contributed by atoms with E-state index in [9.17, 15) is 14.7 Å². The van der Waals surface area contributed by atoms with Crippen LogP contribution >= 0.6 is 0 Å². The third-order valence-corrected chi connectivity index (χ3v) is 8.52. The molecule has 0 bridgehead atoms. The van der Waals surface area contributed by atoms with E-state index in [2.05, 4.69) is 25.4 Å². The van der Waals surface area contributed by atoms with Crippen LogP contribution in [0.5, 0.6) is 17.5 Å². The number of methoxy groups -OCH3 is 1. The van der Waals surface area contributed by atoms with Crippen molar-refractivity contribution in [3.63, 3.8) is 0 Å². The van der Waals surface area contributed by atoms with Gasteiger partial charge in [0.1, 0.15) is 18.2 Å². The van der Waals surface area contributed by atoms with E-state index in [1.165, 1.54) is 36.3 Å². The fourth-order valence-corrected chi connectivity index (χ4v) is 5.78. The number of hydrogen-bond acceptors (Lipinski definition) is 13. The van der Waals surface area contributed by atoms with Gasteiger partial charge >= 0.3 is 18.1 Å². The fourth-order valence-electron chi connectivity index (χ4n) is 5.78. The van der Waals surface area contributed by atoms with E-state index >= 15 is 4.39 Å². The number of amidine groups is 1. The van der Waals surface area contributed by atoms with Gasteiger partial charge in [0, 0.05) is 29.6 Å². The van der Waals surface area contributed by atoms with Crippen molar-refractivity contribution >= 4 is 17.9 Å². The molecule has 2 aromatic carbocycles. The topological polar surface area (TPSA) is 193 Å². The van der Waals surface area contributed by atoms with Gasteiger partial charge in [-0.25, -0.2) is 19.2 Å². The first-order valence-electron chi connectivity index (χ1n) is 17.7. The van der Waals surface area contributed by atoms with Gasteiger partial charge in [0.15, 0.2) is 17.4 Å². The minimum absolute atomic E-state index is 0.0917. The van der Waals surface area contributed by atoms with Crippen LogP contribution < -0.4 is 19.5 Å². The molecule has 1 aliphatic carbocycles. The molecule has 1 amide bonds. The minimum Gasteiger partial charge on any atom is -0.497 e. The summed E-state index contributed by atoms with van der Waals surface area (Å²) in [5.41, 5.74) is 0.989. The fraction of sp³-hybridized carbons (Fsp3) is 0.447. The van der Waals surface area contributed by atoms with Crippen molar-refractivity contribution < 1.29 is 42.8 Å². The van der Waals surface area contributed by atoms with Crippen LogP contribution in [0.1, 0.15) is 81.3 Å². The summed E-state index contributed by atoms with van der Waals surface area (Å²) in [6, 6.07) is 11.2. The zero-order valence-corrected chi connectivity index (χ0v) is 30.8. The molecule has 0 saturated heterocycles. The van der Waals surface area contributed by atoms with Crippen LogP contribution in [-0.4, -0.2) is 81.5 Å². The van der Waals surface area contributed by atoms with E-state index < -0.39 is 24.6 Å². The highest BCUT2D eigenvalue weighted by molar-refractivity contribution is 6.04. The van der Waals surface area contributed by atoms with Gasteiger partial charge in [0.25, 0.3) is 5.95 Å². The van der Waals surface area contributed by atoms with Crippen LogP contribution in [0.2, 0.25) is 0 Å². The summed E-state index contributed by atoms with van der Waals surface area (Å²) in [4.78, 5) is 38.2. The SMILES string of the molecule is COc1cc(OCCO)c(F)c([C@@H](Cc2ccc(C(=N)NC(=O)OCC(C)(C)C)cc2)c2nc(OCOC(=O)C3CCCCC3)n(-c3ncccn3)n2)c1. The smallest absolute Gasteiger partial charge is 0.412 e. The van der Waals surface area contributed by atoms with Crippen LogP contribution in [0.15, 0.2) is 54.9 Å². The Morgan fingerprint density at radius 1 is 1.06 bits per heavy atom. The maximum atomic E-state index is 16.4. The van der Waals surface area contributed by atoms with E-state index in [0.717, 1.165) is 32.1 Å². The second-order valence-electron chi connectivity index (χ2n) is 14.0. The van der Waals surface area contributed by atoms with Gasteiger partial charge in [-0.3, -0.25) is 15.5 Å². The lowest BCUT2D eigenvalue weighted by Crippen LogP contribution is -2.33. The summed E-state index contributed by atoms with van der Waals surface area (Å²) in [5.74, 6) is -1.96. The molecule has 15 nitrogen and oxygen atoms in total. The van der Waals surface area contributed by atoms with E-state index in [0.29, 0.717) is 11.1 Å². The second-order valence-corrected chi connectivity index (χ2v) is 14.0. The molecule has 0 spiro atoms. The molecular weight excluding hydrogens is 701 g/mol. The zero-order valence-electron chi connectivity index (χ0n) is 30.8. The monoisotopic (exact) mass is 747 g/mol. The second kappa shape index (κ2) is 18.4. The number of ether oxygens (including phenoxy) is 5. The van der Waals surface area contributed by atoms with E-state index in [-0.39, 0.29) is 84.2 Å². The lowest BCUT2D eigenvalue weighted by Gasteiger charge is -2.19. The van der Waals surface area contributed by atoms with Crippen molar-refractivity contribution in [3.05, 3.63) is 83.2 Å². The number of nitrogens with one attached hydrogen (secondary N) is 2. The highest BCUT2D eigenvalue weighted by atomic mass is 19.1. The van der Waals surface area contributed by atoms with Crippen molar-refractivity contribution in [2.24, 2.45) is 11.3 Å². The molecule has 1 atom stereocenters. The molecular formula is C38H46FN7O8. The number of carbonyl (C=O) groups excluding carboxylic acids is 2. The Balaban J connectivity index is 1.47. The van der Waals surface area contributed by atoms with Crippen LogP contribution in [0.25, 0.3) is 5.95 Å². The Kier molecular flexibility index (Phi) is 13.5. The summed E-state index contributed by atoms with van der Waals surface area (Å²) in [7, 11) is 1.43. The summed E-state index contributed by atoms with van der Waals surface area (Å²) >= 11 is 0. The van der Waals surface area contributed by atoms with Gasteiger partial charge in [-0.15, -0.1) is 9.78 Å². The predicted octanol–water partition coefficient (Wildman–Crippen LogP) is 5.51. The number of nitrogens with zero attached hydrogens (tertiary/aromatic N) is 5. The van der Waals surface area contributed by atoms with Crippen LogP contribution in [-0.2, 0) is 20.7 Å². The Morgan fingerprint density at radius 3 is 2.44 bits per heavy atom. The molecule has 1 fully saturated rings. The Bertz CT molecular complexity index is 1880. The average Bonchev–Trinajstić information content (AvgIpc) is 3.60. The Hall–Kier alpha value is -5.64. The van der Waals surface area contributed by atoms with Crippen LogP contribution in [0.3, 0.4) is 0 Å². The highest BCUT2D eigenvalue weighted by Gasteiger charge is 2.30. The lowest BCUT2D eigenvalue weighted by atomic mass is 9.89. The molecule has 5 rings (SSSR count). The maximum Gasteiger partial charge on any atom is 0.412 e. The number of rotatable bonds is 15. The number of amides is 1. The molecule has 0 aliphatic heterocycles. The molecule has 16 heteroatoms. The van der Waals surface area contributed by atoms with E-state index in [4.69, 9.17) is 29.1 Å². The third kappa shape index (κ3) is 10.7. The largest absolute Gasteiger partial charge is 0.497 e.